The molecule has 1 unspecified atom stereocenters. The van der Waals surface area contributed by atoms with E-state index in [1.807, 2.05) is 25.1 Å². The Labute approximate surface area is 149 Å². The minimum absolute atomic E-state index is 0.121. The molecule has 1 aliphatic rings. The zero-order valence-corrected chi connectivity index (χ0v) is 15.0. The lowest BCUT2D eigenvalue weighted by atomic mass is 10.2. The summed E-state index contributed by atoms with van der Waals surface area (Å²) in [6.45, 7) is 3.30. The third-order valence-corrected chi connectivity index (χ3v) is 4.36. The van der Waals surface area contributed by atoms with Crippen molar-refractivity contribution in [2.24, 2.45) is 0 Å². The molecule has 1 aromatic carbocycles. The molecule has 0 aliphatic carbocycles. The number of rotatable bonds is 5. The topological polar surface area (TPSA) is 76.1 Å². The van der Waals surface area contributed by atoms with Crippen molar-refractivity contribution < 1.29 is 9.53 Å². The lowest BCUT2D eigenvalue weighted by Crippen LogP contribution is -2.31. The van der Waals surface area contributed by atoms with Gasteiger partial charge >= 0.3 is 0 Å². The quantitative estimate of drug-likeness (QED) is 0.819. The SMILES string of the molecule is Cc1cc(Br)ccc1Nc1ncc(C(=O)NCC2CCCO2)cn1. The Morgan fingerprint density at radius 2 is 2.17 bits per heavy atom. The van der Waals surface area contributed by atoms with Crippen LogP contribution < -0.4 is 10.6 Å². The first-order valence-electron chi connectivity index (χ1n) is 7.87. The molecular formula is C17H19BrN4O2. The smallest absolute Gasteiger partial charge is 0.254 e. The van der Waals surface area contributed by atoms with Crippen LogP contribution in [0.1, 0.15) is 28.8 Å². The lowest BCUT2D eigenvalue weighted by Gasteiger charge is -2.11. The average Bonchev–Trinajstić information content (AvgIpc) is 3.09. The van der Waals surface area contributed by atoms with Gasteiger partial charge in [-0.3, -0.25) is 4.79 Å². The van der Waals surface area contributed by atoms with Gasteiger partial charge in [-0.15, -0.1) is 0 Å². The fourth-order valence-electron chi connectivity index (χ4n) is 2.51. The molecule has 1 fully saturated rings. The number of carbonyl (C=O) groups excluding carboxylic acids is 1. The van der Waals surface area contributed by atoms with Crippen LogP contribution in [0, 0.1) is 6.92 Å². The molecule has 2 aromatic rings. The fraction of sp³-hybridized carbons (Fsp3) is 0.353. The van der Waals surface area contributed by atoms with E-state index >= 15 is 0 Å². The van der Waals surface area contributed by atoms with Gasteiger partial charge in [-0.25, -0.2) is 9.97 Å². The molecule has 1 aromatic heterocycles. The second kappa shape index (κ2) is 7.72. The van der Waals surface area contributed by atoms with E-state index in [0.29, 0.717) is 18.1 Å². The van der Waals surface area contributed by atoms with Crippen LogP contribution in [0.15, 0.2) is 35.1 Å². The molecule has 0 radical (unpaired) electrons. The molecular weight excluding hydrogens is 372 g/mol. The van der Waals surface area contributed by atoms with E-state index in [2.05, 4.69) is 36.5 Å². The highest BCUT2D eigenvalue weighted by atomic mass is 79.9. The third-order valence-electron chi connectivity index (χ3n) is 3.86. The summed E-state index contributed by atoms with van der Waals surface area (Å²) in [6.07, 6.45) is 5.21. The highest BCUT2D eigenvalue weighted by Gasteiger charge is 2.17. The van der Waals surface area contributed by atoms with Crippen molar-refractivity contribution in [3.05, 3.63) is 46.2 Å². The number of carbonyl (C=O) groups is 1. The number of nitrogens with zero attached hydrogens (tertiary/aromatic N) is 2. The maximum Gasteiger partial charge on any atom is 0.254 e. The zero-order valence-electron chi connectivity index (χ0n) is 13.4. The molecule has 1 amide bonds. The van der Waals surface area contributed by atoms with Crippen LogP contribution in [-0.4, -0.2) is 35.1 Å². The third kappa shape index (κ3) is 4.30. The summed E-state index contributed by atoms with van der Waals surface area (Å²) in [4.78, 5) is 20.5. The van der Waals surface area contributed by atoms with Crippen molar-refractivity contribution in [2.75, 3.05) is 18.5 Å². The molecule has 3 rings (SSSR count). The Balaban J connectivity index is 1.59. The summed E-state index contributed by atoms with van der Waals surface area (Å²) in [5, 5.41) is 6.00. The number of aryl methyl sites for hydroxylation is 1. The molecule has 2 N–H and O–H groups in total. The maximum atomic E-state index is 12.1. The van der Waals surface area contributed by atoms with Crippen molar-refractivity contribution in [2.45, 2.75) is 25.9 Å². The first kappa shape index (κ1) is 16.9. The normalized spacial score (nSPS) is 16.8. The molecule has 126 valence electrons. The highest BCUT2D eigenvalue weighted by molar-refractivity contribution is 9.10. The number of anilines is 2. The number of benzene rings is 1. The van der Waals surface area contributed by atoms with Gasteiger partial charge < -0.3 is 15.4 Å². The molecule has 2 heterocycles. The van der Waals surface area contributed by atoms with E-state index in [9.17, 15) is 4.79 Å². The van der Waals surface area contributed by atoms with Crippen LogP contribution >= 0.6 is 15.9 Å². The van der Waals surface area contributed by atoms with Crippen LogP contribution in [0.2, 0.25) is 0 Å². The number of aromatic nitrogens is 2. The Morgan fingerprint density at radius 3 is 2.83 bits per heavy atom. The van der Waals surface area contributed by atoms with Crippen molar-refractivity contribution in [1.29, 1.82) is 0 Å². The second-order valence-corrected chi connectivity index (χ2v) is 6.64. The molecule has 1 atom stereocenters. The summed E-state index contributed by atoms with van der Waals surface area (Å²) in [5.74, 6) is 0.271. The van der Waals surface area contributed by atoms with Crippen molar-refractivity contribution in [3.63, 3.8) is 0 Å². The summed E-state index contributed by atoms with van der Waals surface area (Å²) in [5.41, 5.74) is 2.44. The van der Waals surface area contributed by atoms with Crippen LogP contribution in [0.25, 0.3) is 0 Å². The molecule has 0 bridgehead atoms. The largest absolute Gasteiger partial charge is 0.376 e. The molecule has 1 saturated heterocycles. The van der Waals surface area contributed by atoms with Gasteiger partial charge in [-0.1, -0.05) is 15.9 Å². The van der Waals surface area contributed by atoms with Gasteiger partial charge in [0.25, 0.3) is 5.91 Å². The Bertz CT molecular complexity index is 715. The summed E-state index contributed by atoms with van der Waals surface area (Å²) in [6, 6.07) is 5.91. The molecule has 0 saturated carbocycles. The van der Waals surface area contributed by atoms with Crippen molar-refractivity contribution in [1.82, 2.24) is 15.3 Å². The van der Waals surface area contributed by atoms with E-state index in [-0.39, 0.29) is 12.0 Å². The Hall–Kier alpha value is -1.99. The number of amides is 1. The minimum atomic E-state index is -0.183. The van der Waals surface area contributed by atoms with Crippen LogP contribution in [0.3, 0.4) is 0 Å². The monoisotopic (exact) mass is 390 g/mol. The van der Waals surface area contributed by atoms with Gasteiger partial charge in [0.05, 0.1) is 11.7 Å². The second-order valence-electron chi connectivity index (χ2n) is 5.72. The van der Waals surface area contributed by atoms with Crippen molar-refractivity contribution in [3.8, 4) is 0 Å². The van der Waals surface area contributed by atoms with Gasteiger partial charge in [-0.05, 0) is 43.5 Å². The van der Waals surface area contributed by atoms with E-state index in [1.54, 1.807) is 0 Å². The predicted molar refractivity (Wildman–Crippen MR) is 95.5 cm³/mol. The minimum Gasteiger partial charge on any atom is -0.376 e. The first-order chi connectivity index (χ1) is 11.6. The van der Waals surface area contributed by atoms with E-state index in [1.165, 1.54) is 12.4 Å². The first-order valence-corrected chi connectivity index (χ1v) is 8.66. The summed E-state index contributed by atoms with van der Waals surface area (Å²) < 4.78 is 6.50. The number of halogens is 1. The van der Waals surface area contributed by atoms with E-state index in [4.69, 9.17) is 4.74 Å². The number of nitrogens with one attached hydrogen (secondary N) is 2. The molecule has 6 nitrogen and oxygen atoms in total. The maximum absolute atomic E-state index is 12.1. The van der Waals surface area contributed by atoms with Crippen LogP contribution in [0.4, 0.5) is 11.6 Å². The number of ether oxygens (including phenoxy) is 1. The Kier molecular flexibility index (Phi) is 5.42. The summed E-state index contributed by atoms with van der Waals surface area (Å²) in [7, 11) is 0. The average molecular weight is 391 g/mol. The predicted octanol–water partition coefficient (Wildman–Crippen LogP) is 3.20. The van der Waals surface area contributed by atoms with Gasteiger partial charge in [0.2, 0.25) is 5.95 Å². The highest BCUT2D eigenvalue weighted by Crippen LogP contribution is 2.22. The molecule has 24 heavy (non-hydrogen) atoms. The van der Waals surface area contributed by atoms with Crippen LogP contribution in [-0.2, 0) is 4.74 Å². The number of hydrogen-bond acceptors (Lipinski definition) is 5. The zero-order chi connectivity index (χ0) is 16.9. The van der Waals surface area contributed by atoms with Crippen molar-refractivity contribution >= 4 is 33.5 Å². The Morgan fingerprint density at radius 1 is 1.38 bits per heavy atom. The summed E-state index contributed by atoms with van der Waals surface area (Å²) >= 11 is 3.43. The van der Waals surface area contributed by atoms with E-state index in [0.717, 1.165) is 35.2 Å². The van der Waals surface area contributed by atoms with Gasteiger partial charge in [0, 0.05) is 35.7 Å². The van der Waals surface area contributed by atoms with Gasteiger partial charge in [-0.2, -0.15) is 0 Å². The van der Waals surface area contributed by atoms with Gasteiger partial charge in [0.15, 0.2) is 0 Å². The molecule has 7 heteroatoms. The number of hydrogen-bond donors (Lipinski definition) is 2. The van der Waals surface area contributed by atoms with Crippen LogP contribution in [0.5, 0.6) is 0 Å². The lowest BCUT2D eigenvalue weighted by molar-refractivity contribution is 0.0857. The molecule has 1 aliphatic heterocycles. The molecule has 0 spiro atoms. The van der Waals surface area contributed by atoms with Gasteiger partial charge in [0.1, 0.15) is 0 Å². The van der Waals surface area contributed by atoms with E-state index < -0.39 is 0 Å². The standard InChI is InChI=1S/C17H19BrN4O2/c1-11-7-13(18)4-5-15(11)22-17-20-8-12(9-21-17)16(23)19-10-14-3-2-6-24-14/h4-5,7-9,14H,2-3,6,10H2,1H3,(H,19,23)(H,20,21,22). The fourth-order valence-corrected chi connectivity index (χ4v) is 2.99.